The second-order valence-electron chi connectivity index (χ2n) is 6.65. The van der Waals surface area contributed by atoms with Gasteiger partial charge in [-0.3, -0.25) is 4.79 Å². The fourth-order valence-electron chi connectivity index (χ4n) is 3.73. The van der Waals surface area contributed by atoms with Crippen LogP contribution in [-0.4, -0.2) is 40.6 Å². The maximum absolute atomic E-state index is 14.1. The summed E-state index contributed by atoms with van der Waals surface area (Å²) in [6, 6.07) is 0. The summed E-state index contributed by atoms with van der Waals surface area (Å²) in [5.41, 5.74) is -2.25. The fraction of sp³-hybridized carbons (Fsp3) is 0.875. The van der Waals surface area contributed by atoms with Gasteiger partial charge in [0.05, 0.1) is 6.54 Å². The van der Waals surface area contributed by atoms with Gasteiger partial charge in [0.1, 0.15) is 0 Å². The zero-order valence-electron chi connectivity index (χ0n) is 12.8. The number of aliphatic carboxylic acids is 1. The van der Waals surface area contributed by atoms with Gasteiger partial charge in [-0.2, -0.15) is 0 Å². The van der Waals surface area contributed by atoms with E-state index in [-0.39, 0.29) is 31.3 Å². The van der Waals surface area contributed by atoms with Crippen LogP contribution < -0.4 is 0 Å². The van der Waals surface area contributed by atoms with E-state index in [9.17, 15) is 14.0 Å². The Hall–Kier alpha value is -1.13. The van der Waals surface area contributed by atoms with Crippen LogP contribution >= 0.6 is 0 Å². The number of hydrogen-bond donors (Lipinski definition) is 1. The van der Waals surface area contributed by atoms with Crippen LogP contribution in [0.1, 0.15) is 58.3 Å². The van der Waals surface area contributed by atoms with Gasteiger partial charge in [-0.05, 0) is 18.8 Å². The Kier molecular flexibility index (Phi) is 5.22. The molecule has 0 radical (unpaired) electrons. The third kappa shape index (κ3) is 3.74. The molecule has 1 saturated heterocycles. The van der Waals surface area contributed by atoms with E-state index in [0.29, 0.717) is 5.92 Å². The summed E-state index contributed by atoms with van der Waals surface area (Å²) in [6.07, 6.45) is 7.41. The summed E-state index contributed by atoms with van der Waals surface area (Å²) >= 11 is 0. The molecule has 2 aliphatic rings. The lowest BCUT2D eigenvalue weighted by Gasteiger charge is -2.25. The quantitative estimate of drug-likeness (QED) is 0.820. The summed E-state index contributed by atoms with van der Waals surface area (Å²) in [5, 5.41) is 8.93. The van der Waals surface area contributed by atoms with E-state index in [1.54, 1.807) is 0 Å². The molecule has 2 unspecified atom stereocenters. The molecule has 0 aromatic rings. The van der Waals surface area contributed by atoms with Crippen molar-refractivity contribution in [1.82, 2.24) is 4.90 Å². The third-order valence-electron chi connectivity index (χ3n) is 4.99. The highest BCUT2D eigenvalue weighted by atomic mass is 19.1. The summed E-state index contributed by atoms with van der Waals surface area (Å²) < 4.78 is 14.1. The van der Waals surface area contributed by atoms with E-state index in [0.717, 1.165) is 19.3 Å². The lowest BCUT2D eigenvalue weighted by atomic mass is 9.89. The van der Waals surface area contributed by atoms with Gasteiger partial charge in [0.2, 0.25) is 11.6 Å². The van der Waals surface area contributed by atoms with Gasteiger partial charge in [0.25, 0.3) is 0 Å². The molecule has 1 heterocycles. The number of carbonyl (C=O) groups excluding carboxylic acids is 1. The van der Waals surface area contributed by atoms with E-state index in [1.165, 1.54) is 30.6 Å². The predicted molar refractivity (Wildman–Crippen MR) is 77.6 cm³/mol. The van der Waals surface area contributed by atoms with Crippen LogP contribution in [0.25, 0.3) is 0 Å². The molecule has 0 aromatic heterocycles. The van der Waals surface area contributed by atoms with Crippen LogP contribution in [0.2, 0.25) is 0 Å². The van der Waals surface area contributed by atoms with Gasteiger partial charge >= 0.3 is 5.97 Å². The number of alkyl halides is 1. The molecule has 2 rings (SSSR count). The van der Waals surface area contributed by atoms with Crippen molar-refractivity contribution in [2.24, 2.45) is 11.8 Å². The first-order valence-electron chi connectivity index (χ1n) is 8.17. The molecule has 1 N–H and O–H groups in total. The Morgan fingerprint density at radius 3 is 2.57 bits per heavy atom. The highest BCUT2D eigenvalue weighted by molar-refractivity contribution is 5.83. The molecule has 1 amide bonds. The van der Waals surface area contributed by atoms with Gasteiger partial charge in [-0.25, -0.2) is 9.18 Å². The van der Waals surface area contributed by atoms with Crippen molar-refractivity contribution in [3.8, 4) is 0 Å². The molecule has 4 nitrogen and oxygen atoms in total. The van der Waals surface area contributed by atoms with E-state index in [2.05, 4.69) is 6.92 Å². The number of amides is 1. The highest BCUT2D eigenvalue weighted by Crippen LogP contribution is 2.34. The van der Waals surface area contributed by atoms with Gasteiger partial charge in [-0.15, -0.1) is 0 Å². The Morgan fingerprint density at radius 1 is 1.38 bits per heavy atom. The monoisotopic (exact) mass is 299 g/mol. The van der Waals surface area contributed by atoms with Crippen LogP contribution in [0.5, 0.6) is 0 Å². The summed E-state index contributed by atoms with van der Waals surface area (Å²) in [7, 11) is 0. The maximum Gasteiger partial charge on any atom is 0.343 e. The molecule has 1 aliphatic heterocycles. The molecule has 5 heteroatoms. The highest BCUT2D eigenvalue weighted by Gasteiger charge is 2.47. The van der Waals surface area contributed by atoms with Crippen molar-refractivity contribution in [3.05, 3.63) is 0 Å². The molecule has 2 atom stereocenters. The maximum atomic E-state index is 14.1. The van der Waals surface area contributed by atoms with Crippen molar-refractivity contribution < 1.29 is 19.1 Å². The van der Waals surface area contributed by atoms with E-state index >= 15 is 0 Å². The standard InChI is InChI=1S/C16H26FNO3/c1-2-5-13(10-12-6-3-4-7-12)14(19)18-9-8-16(17,11-18)15(20)21/h12-13H,2-11H2,1H3,(H,20,21). The van der Waals surface area contributed by atoms with Crippen LogP contribution in [0, 0.1) is 11.8 Å². The van der Waals surface area contributed by atoms with Crippen LogP contribution in [0.15, 0.2) is 0 Å². The molecular weight excluding hydrogens is 273 g/mol. The first-order valence-corrected chi connectivity index (χ1v) is 8.17. The molecule has 0 spiro atoms. The average molecular weight is 299 g/mol. The third-order valence-corrected chi connectivity index (χ3v) is 4.99. The van der Waals surface area contributed by atoms with Gasteiger partial charge < -0.3 is 10.0 Å². The van der Waals surface area contributed by atoms with Crippen molar-refractivity contribution in [2.45, 2.75) is 64.0 Å². The van der Waals surface area contributed by atoms with Gasteiger partial charge in [0.15, 0.2) is 0 Å². The van der Waals surface area contributed by atoms with Crippen LogP contribution in [-0.2, 0) is 9.59 Å². The zero-order chi connectivity index (χ0) is 15.5. The summed E-state index contributed by atoms with van der Waals surface area (Å²) in [6.45, 7) is 1.99. The first-order chi connectivity index (χ1) is 9.96. The number of halogens is 1. The number of likely N-dealkylation sites (tertiary alicyclic amines) is 1. The minimum Gasteiger partial charge on any atom is -0.479 e. The Balaban J connectivity index is 1.96. The Morgan fingerprint density at radius 2 is 2.05 bits per heavy atom. The van der Waals surface area contributed by atoms with Crippen molar-refractivity contribution >= 4 is 11.9 Å². The molecule has 21 heavy (non-hydrogen) atoms. The molecule has 120 valence electrons. The second-order valence-corrected chi connectivity index (χ2v) is 6.65. The van der Waals surface area contributed by atoms with Gasteiger partial charge in [-0.1, -0.05) is 39.0 Å². The number of carboxylic acids is 1. The predicted octanol–water partition coefficient (Wildman–Crippen LogP) is 3.01. The normalized spacial score (nSPS) is 28.0. The number of carbonyl (C=O) groups is 2. The lowest BCUT2D eigenvalue weighted by molar-refractivity contribution is -0.150. The molecule has 0 bridgehead atoms. The Labute approximate surface area is 125 Å². The van der Waals surface area contributed by atoms with Crippen molar-refractivity contribution in [2.75, 3.05) is 13.1 Å². The smallest absolute Gasteiger partial charge is 0.343 e. The average Bonchev–Trinajstić information content (AvgIpc) is 3.08. The first kappa shape index (κ1) is 16.2. The number of hydrogen-bond acceptors (Lipinski definition) is 2. The van der Waals surface area contributed by atoms with Crippen molar-refractivity contribution in [1.29, 1.82) is 0 Å². The summed E-state index contributed by atoms with van der Waals surface area (Å²) in [4.78, 5) is 25.0. The fourth-order valence-corrected chi connectivity index (χ4v) is 3.73. The summed E-state index contributed by atoms with van der Waals surface area (Å²) in [5.74, 6) is -0.929. The largest absolute Gasteiger partial charge is 0.479 e. The van der Waals surface area contributed by atoms with E-state index in [4.69, 9.17) is 5.11 Å². The molecular formula is C16H26FNO3. The molecule has 2 fully saturated rings. The second kappa shape index (κ2) is 6.75. The lowest BCUT2D eigenvalue weighted by Crippen LogP contribution is -2.41. The van der Waals surface area contributed by atoms with Gasteiger partial charge in [0, 0.05) is 18.9 Å². The number of carboxylic acid groups (broad SMARTS) is 1. The molecule has 1 aliphatic carbocycles. The molecule has 0 aromatic carbocycles. The molecule has 1 saturated carbocycles. The number of rotatable bonds is 6. The van der Waals surface area contributed by atoms with E-state index in [1.807, 2.05) is 0 Å². The zero-order valence-corrected chi connectivity index (χ0v) is 12.8. The van der Waals surface area contributed by atoms with Crippen LogP contribution in [0.4, 0.5) is 4.39 Å². The minimum atomic E-state index is -2.25. The Bertz CT molecular complexity index is 395. The van der Waals surface area contributed by atoms with E-state index < -0.39 is 11.6 Å². The SMILES string of the molecule is CCCC(CC1CCCC1)C(=O)N1CCC(F)(C(=O)O)C1. The topological polar surface area (TPSA) is 57.6 Å². The van der Waals surface area contributed by atoms with Crippen LogP contribution in [0.3, 0.4) is 0 Å². The van der Waals surface area contributed by atoms with Crippen molar-refractivity contribution in [3.63, 3.8) is 0 Å². The number of nitrogens with zero attached hydrogens (tertiary/aromatic N) is 1. The minimum absolute atomic E-state index is 0.0375.